The van der Waals surface area contributed by atoms with Gasteiger partial charge in [-0.25, -0.2) is 9.40 Å². The van der Waals surface area contributed by atoms with E-state index in [0.29, 0.717) is 40.5 Å². The van der Waals surface area contributed by atoms with Crippen LogP contribution in [0.4, 0.5) is 4.39 Å². The molecule has 1 heterocycles. The third-order valence-electron chi connectivity index (χ3n) is 6.65. The number of hydrazone groups is 1. The van der Waals surface area contributed by atoms with Crippen molar-refractivity contribution in [2.45, 2.75) is 12.5 Å². The molecule has 9 nitrogen and oxygen atoms in total. The van der Waals surface area contributed by atoms with Crippen molar-refractivity contribution in [3.63, 3.8) is 0 Å². The number of methoxy groups -OCH3 is 4. The molecule has 3 aromatic rings. The number of halogens is 1. The van der Waals surface area contributed by atoms with Crippen LogP contribution in [0.15, 0.2) is 71.8 Å². The number of rotatable bonds is 11. The molecule has 4 rings (SSSR count). The highest BCUT2D eigenvalue weighted by atomic mass is 19.1. The Hall–Kier alpha value is -4.44. The fourth-order valence-corrected chi connectivity index (χ4v) is 4.48. The van der Waals surface area contributed by atoms with Gasteiger partial charge in [0.05, 0.1) is 39.7 Å². The molecular weight excluding hydrogens is 517 g/mol. The van der Waals surface area contributed by atoms with Crippen molar-refractivity contribution in [1.29, 1.82) is 0 Å². The summed E-state index contributed by atoms with van der Waals surface area (Å²) < 4.78 is 34.8. The maximum Gasteiger partial charge on any atom is 0.262 e. The second-order valence-corrected chi connectivity index (χ2v) is 9.07. The van der Waals surface area contributed by atoms with E-state index in [1.165, 1.54) is 36.3 Å². The standard InChI is InChI=1S/C30H32FN3O6/c1-37-16-15-33(30(36)21-7-12-24(38-2)13-8-21)19-29(35)34-26(22-9-14-27(39-3)28(17-22)40-4)18-25(32-34)20-5-10-23(31)11-6-20/h5-14,17,26H,15-16,18-19H2,1-4H3. The number of amides is 2. The Kier molecular flexibility index (Phi) is 9.34. The van der Waals surface area contributed by atoms with Crippen LogP contribution in [0.2, 0.25) is 0 Å². The fourth-order valence-electron chi connectivity index (χ4n) is 4.48. The van der Waals surface area contributed by atoms with Gasteiger partial charge in [0.1, 0.15) is 18.1 Å². The van der Waals surface area contributed by atoms with Crippen LogP contribution in [0, 0.1) is 5.82 Å². The first-order valence-electron chi connectivity index (χ1n) is 12.7. The van der Waals surface area contributed by atoms with Crippen LogP contribution in [0.1, 0.15) is 33.9 Å². The minimum atomic E-state index is -0.479. The Balaban J connectivity index is 1.65. The lowest BCUT2D eigenvalue weighted by atomic mass is 9.98. The topological polar surface area (TPSA) is 89.9 Å². The zero-order valence-corrected chi connectivity index (χ0v) is 22.9. The SMILES string of the molecule is COCCN(CC(=O)N1N=C(c2ccc(F)cc2)CC1c1ccc(OC)c(OC)c1)C(=O)c1ccc(OC)cc1. The molecule has 0 bridgehead atoms. The highest BCUT2D eigenvalue weighted by molar-refractivity contribution is 6.03. The quantitative estimate of drug-likeness (QED) is 0.354. The lowest BCUT2D eigenvalue weighted by molar-refractivity contribution is -0.133. The molecule has 0 fully saturated rings. The van der Waals surface area contributed by atoms with E-state index in [1.54, 1.807) is 62.8 Å². The third-order valence-corrected chi connectivity index (χ3v) is 6.65. The average Bonchev–Trinajstić information content (AvgIpc) is 3.44. The number of nitrogens with zero attached hydrogens (tertiary/aromatic N) is 3. The fraction of sp³-hybridized carbons (Fsp3) is 0.300. The summed E-state index contributed by atoms with van der Waals surface area (Å²) in [5, 5.41) is 6.04. The summed E-state index contributed by atoms with van der Waals surface area (Å²) in [6, 6.07) is 17.6. The van der Waals surface area contributed by atoms with Crippen LogP contribution >= 0.6 is 0 Å². The first-order chi connectivity index (χ1) is 19.4. The summed E-state index contributed by atoms with van der Waals surface area (Å²) >= 11 is 0. The number of ether oxygens (including phenoxy) is 4. The molecule has 1 aliphatic heterocycles. The van der Waals surface area contributed by atoms with Gasteiger partial charge in [0.15, 0.2) is 11.5 Å². The molecular formula is C30H32FN3O6. The maximum atomic E-state index is 13.8. The molecule has 1 atom stereocenters. The molecule has 2 amide bonds. The second kappa shape index (κ2) is 13.1. The molecule has 210 valence electrons. The smallest absolute Gasteiger partial charge is 0.262 e. The molecule has 0 saturated carbocycles. The predicted molar refractivity (Wildman–Crippen MR) is 147 cm³/mol. The van der Waals surface area contributed by atoms with Gasteiger partial charge in [-0.1, -0.05) is 18.2 Å². The Labute approximate surface area is 232 Å². The van der Waals surface area contributed by atoms with E-state index in [2.05, 4.69) is 5.10 Å². The van der Waals surface area contributed by atoms with E-state index in [4.69, 9.17) is 18.9 Å². The average molecular weight is 550 g/mol. The van der Waals surface area contributed by atoms with Crippen molar-refractivity contribution >= 4 is 17.5 Å². The van der Waals surface area contributed by atoms with E-state index in [1.807, 2.05) is 6.07 Å². The Morgan fingerprint density at radius 1 is 0.925 bits per heavy atom. The zero-order chi connectivity index (χ0) is 28.6. The molecule has 1 aliphatic rings. The zero-order valence-electron chi connectivity index (χ0n) is 22.9. The highest BCUT2D eigenvalue weighted by Crippen LogP contribution is 2.37. The van der Waals surface area contributed by atoms with Gasteiger partial charge in [-0.3, -0.25) is 9.59 Å². The molecule has 0 radical (unpaired) electrons. The van der Waals surface area contributed by atoms with E-state index >= 15 is 0 Å². The van der Waals surface area contributed by atoms with Crippen LogP contribution in [0.5, 0.6) is 17.2 Å². The predicted octanol–water partition coefficient (Wildman–Crippen LogP) is 4.32. The van der Waals surface area contributed by atoms with Crippen LogP contribution in [0.3, 0.4) is 0 Å². The Morgan fingerprint density at radius 3 is 2.25 bits per heavy atom. The summed E-state index contributed by atoms with van der Waals surface area (Å²) in [6.07, 6.45) is 0.386. The van der Waals surface area contributed by atoms with Gasteiger partial charge in [-0.2, -0.15) is 5.10 Å². The number of hydrogen-bond acceptors (Lipinski definition) is 7. The Bertz CT molecular complexity index is 1360. The van der Waals surface area contributed by atoms with Crippen molar-refractivity contribution < 1.29 is 32.9 Å². The van der Waals surface area contributed by atoms with Gasteiger partial charge >= 0.3 is 0 Å². The molecule has 0 saturated heterocycles. The lowest BCUT2D eigenvalue weighted by Crippen LogP contribution is -2.42. The van der Waals surface area contributed by atoms with Crippen molar-refractivity contribution in [3.05, 3.63) is 89.2 Å². The second-order valence-electron chi connectivity index (χ2n) is 9.07. The number of carbonyl (C=O) groups excluding carboxylic acids is 2. The molecule has 0 aliphatic carbocycles. The van der Waals surface area contributed by atoms with E-state index in [9.17, 15) is 14.0 Å². The molecule has 3 aromatic carbocycles. The normalized spacial score (nSPS) is 14.5. The van der Waals surface area contributed by atoms with Gasteiger partial charge in [0.2, 0.25) is 0 Å². The molecule has 0 N–H and O–H groups in total. The largest absolute Gasteiger partial charge is 0.497 e. The third kappa shape index (κ3) is 6.40. The van der Waals surface area contributed by atoms with Crippen LogP contribution in [0.25, 0.3) is 0 Å². The molecule has 10 heteroatoms. The monoisotopic (exact) mass is 549 g/mol. The molecule has 0 spiro atoms. The Morgan fingerprint density at radius 2 is 1.62 bits per heavy atom. The summed E-state index contributed by atoms with van der Waals surface area (Å²) in [5.74, 6) is 0.621. The van der Waals surface area contributed by atoms with E-state index in [-0.39, 0.29) is 37.3 Å². The minimum Gasteiger partial charge on any atom is -0.497 e. The summed E-state index contributed by atoms with van der Waals surface area (Å²) in [5.41, 5.74) is 2.51. The van der Waals surface area contributed by atoms with Gasteiger partial charge in [-0.05, 0) is 59.7 Å². The van der Waals surface area contributed by atoms with Gasteiger partial charge < -0.3 is 23.8 Å². The van der Waals surface area contributed by atoms with E-state index < -0.39 is 6.04 Å². The summed E-state index contributed by atoms with van der Waals surface area (Å²) in [7, 11) is 6.17. The van der Waals surface area contributed by atoms with Crippen LogP contribution in [-0.4, -0.2) is 75.6 Å². The molecule has 1 unspecified atom stereocenters. The maximum absolute atomic E-state index is 13.8. The minimum absolute atomic E-state index is 0.205. The number of carbonyl (C=O) groups is 2. The van der Waals surface area contributed by atoms with E-state index in [0.717, 1.165) is 5.56 Å². The first-order valence-corrected chi connectivity index (χ1v) is 12.7. The van der Waals surface area contributed by atoms with Crippen molar-refractivity contribution in [1.82, 2.24) is 9.91 Å². The summed E-state index contributed by atoms with van der Waals surface area (Å²) in [6.45, 7) is 0.229. The van der Waals surface area contributed by atoms with Gasteiger partial charge in [0, 0.05) is 25.6 Å². The first kappa shape index (κ1) is 28.6. The lowest BCUT2D eigenvalue weighted by Gasteiger charge is -2.27. The van der Waals surface area contributed by atoms with Gasteiger partial charge in [-0.15, -0.1) is 0 Å². The molecule has 0 aromatic heterocycles. The number of benzene rings is 3. The summed E-state index contributed by atoms with van der Waals surface area (Å²) in [4.78, 5) is 28.6. The van der Waals surface area contributed by atoms with Crippen LogP contribution in [-0.2, 0) is 9.53 Å². The van der Waals surface area contributed by atoms with Crippen molar-refractivity contribution in [3.8, 4) is 17.2 Å². The van der Waals surface area contributed by atoms with Crippen molar-refractivity contribution in [2.24, 2.45) is 5.10 Å². The van der Waals surface area contributed by atoms with Crippen LogP contribution < -0.4 is 14.2 Å². The van der Waals surface area contributed by atoms with Crippen molar-refractivity contribution in [2.75, 3.05) is 48.1 Å². The number of hydrogen-bond donors (Lipinski definition) is 0. The molecule has 40 heavy (non-hydrogen) atoms. The van der Waals surface area contributed by atoms with Gasteiger partial charge in [0.25, 0.3) is 11.8 Å². The highest BCUT2D eigenvalue weighted by Gasteiger charge is 2.35.